The zero-order chi connectivity index (χ0) is 22.6. The topological polar surface area (TPSA) is 111 Å². The van der Waals surface area contributed by atoms with Gasteiger partial charge >= 0.3 is 5.97 Å². The van der Waals surface area contributed by atoms with Crippen LogP contribution in [0.4, 0.5) is 8.78 Å². The molecular formula is C20H19F2N3O5S. The molecule has 1 heterocycles. The summed E-state index contributed by atoms with van der Waals surface area (Å²) < 4.78 is 64.3. The van der Waals surface area contributed by atoms with E-state index in [1.807, 2.05) is 0 Å². The van der Waals surface area contributed by atoms with E-state index < -0.39 is 44.5 Å². The second-order valence-corrected chi connectivity index (χ2v) is 8.59. The molecule has 164 valence electrons. The van der Waals surface area contributed by atoms with E-state index in [1.165, 1.54) is 36.4 Å². The SMILES string of the molecule is CC(C)[C@H](NS(=O)(=O)c1ccccc1F)C(=O)OCc1noc(-c2ccc(F)cc2)n1. The predicted octanol–water partition coefficient (Wildman–Crippen LogP) is 3.06. The van der Waals surface area contributed by atoms with Crippen molar-refractivity contribution in [2.75, 3.05) is 0 Å². The first-order valence-electron chi connectivity index (χ1n) is 9.19. The van der Waals surface area contributed by atoms with Crippen LogP contribution < -0.4 is 4.72 Å². The Kier molecular flexibility index (Phi) is 6.76. The summed E-state index contributed by atoms with van der Waals surface area (Å²) in [6.45, 7) is 2.84. The molecule has 0 aliphatic rings. The molecule has 0 fully saturated rings. The molecule has 1 atom stereocenters. The van der Waals surface area contributed by atoms with Crippen molar-refractivity contribution in [1.29, 1.82) is 0 Å². The van der Waals surface area contributed by atoms with Gasteiger partial charge in [0.1, 0.15) is 22.6 Å². The van der Waals surface area contributed by atoms with Crippen molar-refractivity contribution >= 4 is 16.0 Å². The third kappa shape index (κ3) is 5.50. The number of nitrogens with zero attached hydrogens (tertiary/aromatic N) is 2. The minimum absolute atomic E-state index is 0.0344. The molecule has 0 amide bonds. The lowest BCUT2D eigenvalue weighted by Gasteiger charge is -2.20. The average Bonchev–Trinajstić information content (AvgIpc) is 3.20. The Morgan fingerprint density at radius 2 is 1.81 bits per heavy atom. The average molecular weight is 451 g/mol. The summed E-state index contributed by atoms with van der Waals surface area (Å²) in [4.78, 5) is 16.0. The van der Waals surface area contributed by atoms with Gasteiger partial charge in [0.25, 0.3) is 5.89 Å². The number of benzene rings is 2. The van der Waals surface area contributed by atoms with Gasteiger partial charge in [-0.25, -0.2) is 17.2 Å². The third-order valence-corrected chi connectivity index (χ3v) is 5.71. The maximum Gasteiger partial charge on any atom is 0.324 e. The Morgan fingerprint density at radius 3 is 2.45 bits per heavy atom. The van der Waals surface area contributed by atoms with Gasteiger partial charge in [0.15, 0.2) is 6.61 Å². The van der Waals surface area contributed by atoms with Crippen LogP contribution in [0.15, 0.2) is 57.9 Å². The van der Waals surface area contributed by atoms with Crippen LogP contribution in [0.25, 0.3) is 11.5 Å². The van der Waals surface area contributed by atoms with Crippen LogP contribution in [0.2, 0.25) is 0 Å². The largest absolute Gasteiger partial charge is 0.456 e. The van der Waals surface area contributed by atoms with Gasteiger partial charge in [-0.15, -0.1) is 0 Å². The van der Waals surface area contributed by atoms with E-state index in [-0.39, 0.29) is 18.3 Å². The maximum absolute atomic E-state index is 13.9. The van der Waals surface area contributed by atoms with Crippen LogP contribution in [-0.4, -0.2) is 30.6 Å². The first-order valence-corrected chi connectivity index (χ1v) is 10.7. The van der Waals surface area contributed by atoms with E-state index in [2.05, 4.69) is 14.9 Å². The van der Waals surface area contributed by atoms with E-state index in [9.17, 15) is 22.0 Å². The molecule has 0 radical (unpaired) electrons. The van der Waals surface area contributed by atoms with E-state index in [4.69, 9.17) is 9.26 Å². The number of carbonyl (C=O) groups excluding carboxylic acids is 1. The van der Waals surface area contributed by atoms with Crippen molar-refractivity contribution in [2.45, 2.75) is 31.4 Å². The van der Waals surface area contributed by atoms with E-state index >= 15 is 0 Å². The second-order valence-electron chi connectivity index (χ2n) is 6.90. The van der Waals surface area contributed by atoms with Crippen LogP contribution >= 0.6 is 0 Å². The number of carbonyl (C=O) groups is 1. The zero-order valence-electron chi connectivity index (χ0n) is 16.6. The molecule has 2 aromatic carbocycles. The van der Waals surface area contributed by atoms with Gasteiger partial charge < -0.3 is 9.26 Å². The molecule has 0 saturated heterocycles. The molecule has 0 aliphatic heterocycles. The molecule has 0 saturated carbocycles. The summed E-state index contributed by atoms with van der Waals surface area (Å²) in [7, 11) is -4.30. The normalized spacial score (nSPS) is 12.7. The fourth-order valence-electron chi connectivity index (χ4n) is 2.60. The van der Waals surface area contributed by atoms with Gasteiger partial charge in [-0.3, -0.25) is 4.79 Å². The third-order valence-electron chi connectivity index (χ3n) is 4.23. The molecule has 0 unspecified atom stereocenters. The molecule has 3 aromatic rings. The number of esters is 1. The monoisotopic (exact) mass is 451 g/mol. The maximum atomic E-state index is 13.9. The van der Waals surface area contributed by atoms with E-state index in [1.54, 1.807) is 13.8 Å². The zero-order valence-corrected chi connectivity index (χ0v) is 17.4. The van der Waals surface area contributed by atoms with Gasteiger partial charge in [-0.05, 0) is 42.3 Å². The van der Waals surface area contributed by atoms with Gasteiger partial charge in [0.2, 0.25) is 15.8 Å². The van der Waals surface area contributed by atoms with Crippen LogP contribution in [0, 0.1) is 17.6 Å². The van der Waals surface area contributed by atoms with Gasteiger partial charge in [-0.1, -0.05) is 31.1 Å². The van der Waals surface area contributed by atoms with E-state index in [0.29, 0.717) is 5.56 Å². The summed E-state index contributed by atoms with van der Waals surface area (Å²) in [5, 5.41) is 3.68. The quantitative estimate of drug-likeness (QED) is 0.524. The molecular weight excluding hydrogens is 432 g/mol. The van der Waals surface area contributed by atoms with Crippen LogP contribution in [0.1, 0.15) is 19.7 Å². The molecule has 0 spiro atoms. The molecule has 0 aliphatic carbocycles. The number of hydrogen-bond donors (Lipinski definition) is 1. The Bertz CT molecular complexity index is 1160. The summed E-state index contributed by atoms with van der Waals surface area (Å²) in [6, 6.07) is 8.91. The van der Waals surface area contributed by atoms with Gasteiger partial charge in [0.05, 0.1) is 0 Å². The number of rotatable bonds is 8. The van der Waals surface area contributed by atoms with Crippen LogP contribution in [0.5, 0.6) is 0 Å². The summed E-state index contributed by atoms with van der Waals surface area (Å²) in [5.74, 6) is -2.60. The molecule has 1 aromatic heterocycles. The molecule has 1 N–H and O–H groups in total. The Morgan fingerprint density at radius 1 is 1.13 bits per heavy atom. The number of nitrogens with one attached hydrogen (secondary N) is 1. The standard InChI is InChI=1S/C20H19F2N3O5S/c1-12(2)18(25-31(27,28)16-6-4-3-5-15(16)22)20(26)29-11-17-23-19(30-24-17)13-7-9-14(21)10-8-13/h3-10,12,18,25H,11H2,1-2H3/t18-/m0/s1. The lowest BCUT2D eigenvalue weighted by Crippen LogP contribution is -2.45. The molecule has 3 rings (SSSR count). The molecule has 8 nitrogen and oxygen atoms in total. The number of aromatic nitrogens is 2. The highest BCUT2D eigenvalue weighted by Gasteiger charge is 2.31. The fourth-order valence-corrected chi connectivity index (χ4v) is 4.01. The Labute approximate surface area is 177 Å². The first-order chi connectivity index (χ1) is 14.7. The van der Waals surface area contributed by atoms with Crippen molar-refractivity contribution in [3.8, 4) is 11.5 Å². The first kappa shape index (κ1) is 22.5. The lowest BCUT2D eigenvalue weighted by atomic mass is 10.1. The van der Waals surface area contributed by atoms with Crippen molar-refractivity contribution in [3.05, 3.63) is 66.0 Å². The van der Waals surface area contributed by atoms with Gasteiger partial charge in [-0.2, -0.15) is 9.71 Å². The minimum Gasteiger partial charge on any atom is -0.456 e. The highest BCUT2D eigenvalue weighted by molar-refractivity contribution is 7.89. The van der Waals surface area contributed by atoms with Crippen molar-refractivity contribution in [3.63, 3.8) is 0 Å². The second kappa shape index (κ2) is 9.31. The molecule has 31 heavy (non-hydrogen) atoms. The number of ether oxygens (including phenoxy) is 1. The van der Waals surface area contributed by atoms with Crippen molar-refractivity contribution in [1.82, 2.24) is 14.9 Å². The number of halogens is 2. The Balaban J connectivity index is 1.68. The van der Waals surface area contributed by atoms with Crippen molar-refractivity contribution < 1.29 is 31.3 Å². The summed E-state index contributed by atoms with van der Waals surface area (Å²) in [5.41, 5.74) is 0.476. The fraction of sp³-hybridized carbons (Fsp3) is 0.250. The molecule has 11 heteroatoms. The van der Waals surface area contributed by atoms with Gasteiger partial charge in [0, 0.05) is 5.56 Å². The smallest absolute Gasteiger partial charge is 0.324 e. The summed E-state index contributed by atoms with van der Waals surface area (Å²) in [6.07, 6.45) is 0. The highest BCUT2D eigenvalue weighted by Crippen LogP contribution is 2.19. The van der Waals surface area contributed by atoms with Crippen LogP contribution in [0.3, 0.4) is 0 Å². The van der Waals surface area contributed by atoms with E-state index in [0.717, 1.165) is 12.1 Å². The summed E-state index contributed by atoms with van der Waals surface area (Å²) >= 11 is 0. The highest BCUT2D eigenvalue weighted by atomic mass is 32.2. The Hall–Kier alpha value is -3.18. The number of hydrogen-bond acceptors (Lipinski definition) is 7. The predicted molar refractivity (Wildman–Crippen MR) is 105 cm³/mol. The van der Waals surface area contributed by atoms with Crippen LogP contribution in [-0.2, 0) is 26.2 Å². The van der Waals surface area contributed by atoms with Crippen molar-refractivity contribution in [2.24, 2.45) is 5.92 Å². The molecule has 0 bridgehead atoms. The lowest BCUT2D eigenvalue weighted by molar-refractivity contribution is -0.148. The number of sulfonamides is 1. The minimum atomic E-state index is -4.30.